The number of phosphoric acid groups is 1. The van der Waals surface area contributed by atoms with E-state index in [1.165, 1.54) is 289 Å². The minimum Gasteiger partial charge on any atom is -0.756 e. The van der Waals surface area contributed by atoms with Gasteiger partial charge >= 0.3 is 0 Å². The molecule has 0 aliphatic rings. The molecular formula is C69H137N2O6P. The zero-order valence-corrected chi connectivity index (χ0v) is 54.0. The van der Waals surface area contributed by atoms with Gasteiger partial charge in [-0.05, 0) is 44.9 Å². The van der Waals surface area contributed by atoms with Gasteiger partial charge in [-0.25, -0.2) is 0 Å². The van der Waals surface area contributed by atoms with E-state index in [-0.39, 0.29) is 19.1 Å². The summed E-state index contributed by atoms with van der Waals surface area (Å²) in [4.78, 5) is 25.7. The molecule has 9 heteroatoms. The van der Waals surface area contributed by atoms with Crippen LogP contribution in [0.4, 0.5) is 0 Å². The summed E-state index contributed by atoms with van der Waals surface area (Å²) in [6, 6.07) is -0.799. The second-order valence-corrected chi connectivity index (χ2v) is 26.7. The van der Waals surface area contributed by atoms with Gasteiger partial charge in [0.15, 0.2) is 0 Å². The fourth-order valence-electron chi connectivity index (χ4n) is 10.8. The number of carbonyl (C=O) groups excluding carboxylic acids is 1. The lowest BCUT2D eigenvalue weighted by molar-refractivity contribution is -0.870. The molecular weight excluding hydrogens is 984 g/mol. The van der Waals surface area contributed by atoms with E-state index < -0.39 is 20.0 Å². The van der Waals surface area contributed by atoms with E-state index in [9.17, 15) is 19.4 Å². The number of quaternary nitrogens is 1. The Balaban J connectivity index is 3.98. The van der Waals surface area contributed by atoms with Crippen molar-refractivity contribution in [3.05, 3.63) is 24.3 Å². The second kappa shape index (κ2) is 60.6. The number of nitrogens with zero attached hydrogens (tertiary/aromatic N) is 1. The van der Waals surface area contributed by atoms with Gasteiger partial charge in [0, 0.05) is 6.42 Å². The van der Waals surface area contributed by atoms with Crippen LogP contribution in [0.5, 0.6) is 0 Å². The smallest absolute Gasteiger partial charge is 0.268 e. The number of amides is 1. The third kappa shape index (κ3) is 62.6. The highest BCUT2D eigenvalue weighted by atomic mass is 31.2. The van der Waals surface area contributed by atoms with Gasteiger partial charge in [0.05, 0.1) is 39.9 Å². The van der Waals surface area contributed by atoms with Gasteiger partial charge in [-0.2, -0.15) is 0 Å². The minimum atomic E-state index is -4.58. The predicted molar refractivity (Wildman–Crippen MR) is 339 cm³/mol. The van der Waals surface area contributed by atoms with E-state index in [0.29, 0.717) is 23.9 Å². The molecule has 0 aromatic carbocycles. The number of carbonyl (C=O) groups is 1. The number of unbranched alkanes of at least 4 members (excludes halogenated alkanes) is 48. The van der Waals surface area contributed by atoms with Crippen molar-refractivity contribution < 1.29 is 32.9 Å². The number of phosphoric ester groups is 1. The molecule has 2 N–H and O–H groups in total. The molecule has 0 aliphatic carbocycles. The normalized spacial score (nSPS) is 13.8. The third-order valence-corrected chi connectivity index (χ3v) is 17.2. The lowest BCUT2D eigenvalue weighted by Crippen LogP contribution is -2.46. The Morgan fingerprint density at radius 1 is 0.449 bits per heavy atom. The van der Waals surface area contributed by atoms with E-state index in [2.05, 4.69) is 43.5 Å². The molecule has 0 rings (SSSR count). The molecule has 0 radical (unpaired) electrons. The number of allylic oxidation sites excluding steroid dienone is 4. The number of hydrogen-bond acceptors (Lipinski definition) is 6. The van der Waals surface area contributed by atoms with Crippen LogP contribution in [-0.2, 0) is 18.4 Å². The van der Waals surface area contributed by atoms with Crippen LogP contribution in [0.15, 0.2) is 24.3 Å². The number of hydrogen-bond donors (Lipinski definition) is 2. The topological polar surface area (TPSA) is 108 Å². The number of likely N-dealkylation sites (N-methyl/N-ethyl adjacent to an activating group) is 1. The zero-order chi connectivity index (χ0) is 57.0. The summed E-state index contributed by atoms with van der Waals surface area (Å²) in [5.41, 5.74) is 0. The van der Waals surface area contributed by atoms with E-state index in [1.807, 2.05) is 21.1 Å². The summed E-state index contributed by atoms with van der Waals surface area (Å²) in [6.45, 7) is 4.77. The maximum Gasteiger partial charge on any atom is 0.268 e. The number of aliphatic hydroxyl groups excluding tert-OH is 1. The maximum atomic E-state index is 13.1. The summed E-state index contributed by atoms with van der Waals surface area (Å²) in [6.07, 6.45) is 78.2. The van der Waals surface area contributed by atoms with Gasteiger partial charge in [-0.15, -0.1) is 0 Å². The Morgan fingerprint density at radius 3 is 1.06 bits per heavy atom. The zero-order valence-electron chi connectivity index (χ0n) is 53.2. The molecule has 0 fully saturated rings. The van der Waals surface area contributed by atoms with E-state index in [4.69, 9.17) is 9.05 Å². The molecule has 0 aromatic heterocycles. The molecule has 0 aromatic rings. The molecule has 0 aliphatic heterocycles. The van der Waals surface area contributed by atoms with Crippen LogP contribution < -0.4 is 10.2 Å². The minimum absolute atomic E-state index is 0.0152. The maximum absolute atomic E-state index is 13.1. The standard InChI is InChI=1S/C69H137N2O6P/c1-6-8-10-12-14-16-18-20-22-24-26-28-30-31-32-33-34-35-36-37-38-39-41-43-45-47-49-51-53-55-57-59-61-63-69(73)70-67(66-77-78(74,75)76-65-64-71(3,4)5)68(72)62-60-58-56-54-52-50-48-46-44-42-40-29-27-25-23-21-19-17-15-13-11-9-7-2/h18,20,24,26,67-68,72H,6-17,19,21-23,25,27-66H2,1-5H3,(H-,70,73,74,75)/b20-18-,26-24-. The lowest BCUT2D eigenvalue weighted by atomic mass is 10.0. The quantitative estimate of drug-likeness (QED) is 0.0272. The first kappa shape index (κ1) is 77.0. The molecule has 0 spiro atoms. The summed E-state index contributed by atoms with van der Waals surface area (Å²) in [5, 5.41) is 14.1. The SMILES string of the molecule is CCCCCCC/C=C\C/C=C\CCCCCCCCCCCCCCCCCCCCCCCC(=O)NC(COP(=O)([O-])OCC[N+](C)(C)C)C(O)CCCCCCCCCCCCCCCCCCCCCCCCC. The molecule has 1 amide bonds. The molecule has 464 valence electrons. The van der Waals surface area contributed by atoms with E-state index in [0.717, 1.165) is 44.9 Å². The molecule has 8 nitrogen and oxygen atoms in total. The summed E-state index contributed by atoms with van der Waals surface area (Å²) >= 11 is 0. The molecule has 78 heavy (non-hydrogen) atoms. The fourth-order valence-corrected chi connectivity index (χ4v) is 11.5. The first-order valence-electron chi connectivity index (χ1n) is 34.7. The van der Waals surface area contributed by atoms with Gasteiger partial charge in [-0.1, -0.05) is 334 Å². The number of aliphatic hydroxyl groups is 1. The van der Waals surface area contributed by atoms with Crippen LogP contribution >= 0.6 is 7.82 Å². The molecule has 0 bridgehead atoms. The van der Waals surface area contributed by atoms with Crippen LogP contribution in [-0.4, -0.2) is 68.5 Å². The third-order valence-electron chi connectivity index (χ3n) is 16.2. The van der Waals surface area contributed by atoms with Crippen LogP contribution in [0.25, 0.3) is 0 Å². The van der Waals surface area contributed by atoms with Crippen molar-refractivity contribution in [3.63, 3.8) is 0 Å². The average Bonchev–Trinajstić information content (AvgIpc) is 3.41. The Kier molecular flexibility index (Phi) is 59.8. The van der Waals surface area contributed by atoms with Gasteiger partial charge < -0.3 is 28.8 Å². The van der Waals surface area contributed by atoms with E-state index >= 15 is 0 Å². The van der Waals surface area contributed by atoms with Crippen molar-refractivity contribution in [3.8, 4) is 0 Å². The van der Waals surface area contributed by atoms with Crippen LogP contribution in [0.1, 0.15) is 361 Å². The Morgan fingerprint density at radius 2 is 0.744 bits per heavy atom. The van der Waals surface area contributed by atoms with Crippen molar-refractivity contribution in [2.45, 2.75) is 373 Å². The second-order valence-electron chi connectivity index (χ2n) is 25.2. The molecule has 3 atom stereocenters. The number of rotatable bonds is 65. The lowest BCUT2D eigenvalue weighted by Gasteiger charge is -2.30. The first-order chi connectivity index (χ1) is 38.0. The first-order valence-corrected chi connectivity index (χ1v) is 36.1. The highest BCUT2D eigenvalue weighted by molar-refractivity contribution is 7.45. The van der Waals surface area contributed by atoms with Crippen molar-refractivity contribution in [2.75, 3.05) is 40.9 Å². The van der Waals surface area contributed by atoms with Crippen LogP contribution in [0.3, 0.4) is 0 Å². The average molecular weight is 1120 g/mol. The largest absolute Gasteiger partial charge is 0.756 e. The van der Waals surface area contributed by atoms with Gasteiger partial charge in [0.1, 0.15) is 13.2 Å². The summed E-state index contributed by atoms with van der Waals surface area (Å²) < 4.78 is 23.5. The van der Waals surface area contributed by atoms with Crippen molar-refractivity contribution in [1.29, 1.82) is 0 Å². The van der Waals surface area contributed by atoms with Gasteiger partial charge in [-0.3, -0.25) is 9.36 Å². The predicted octanol–water partition coefficient (Wildman–Crippen LogP) is 21.3. The Hall–Kier alpha value is -1.02. The fraction of sp³-hybridized carbons (Fsp3) is 0.928. The van der Waals surface area contributed by atoms with Crippen molar-refractivity contribution >= 4 is 13.7 Å². The van der Waals surface area contributed by atoms with Crippen LogP contribution in [0, 0.1) is 0 Å². The van der Waals surface area contributed by atoms with Crippen molar-refractivity contribution in [1.82, 2.24) is 5.32 Å². The molecule has 3 unspecified atom stereocenters. The van der Waals surface area contributed by atoms with Gasteiger partial charge in [0.25, 0.3) is 7.82 Å². The summed E-state index contributed by atoms with van der Waals surface area (Å²) in [7, 11) is 1.32. The monoisotopic (exact) mass is 1120 g/mol. The van der Waals surface area contributed by atoms with E-state index in [1.54, 1.807) is 0 Å². The van der Waals surface area contributed by atoms with Crippen molar-refractivity contribution in [2.24, 2.45) is 0 Å². The summed E-state index contributed by atoms with van der Waals surface area (Å²) in [5.74, 6) is -0.156. The molecule has 0 saturated carbocycles. The Labute approximate surface area is 487 Å². The molecule has 0 saturated heterocycles. The van der Waals surface area contributed by atoms with Crippen LogP contribution in [0.2, 0.25) is 0 Å². The number of nitrogens with one attached hydrogen (secondary N) is 1. The highest BCUT2D eigenvalue weighted by Crippen LogP contribution is 2.38. The Bertz CT molecular complexity index is 1320. The molecule has 0 heterocycles. The highest BCUT2D eigenvalue weighted by Gasteiger charge is 2.24. The van der Waals surface area contributed by atoms with Gasteiger partial charge in [0.2, 0.25) is 5.91 Å².